The number of amides is 8. The number of methoxy groups -OCH3 is 2. The number of carbonyl (C=O) groups excluding carboxylic acids is 8. The Labute approximate surface area is 844 Å². The molecule has 0 bridgehead atoms. The average molecular weight is 2020 g/mol. The van der Waals surface area contributed by atoms with E-state index in [1.807, 2.05) is 67.1 Å². The Hall–Kier alpha value is -14.3. The minimum Gasteiger partial charge on any atom is -0.496 e. The number of alkyl halides is 1. The van der Waals surface area contributed by atoms with Crippen molar-refractivity contribution >= 4 is 124 Å². The number of nitrogens with zero attached hydrogens (tertiary/aromatic N) is 13. The Morgan fingerprint density at radius 3 is 0.972 bits per heavy atom. The fourth-order valence-electron chi connectivity index (χ4n) is 14.5. The molecule has 0 saturated carbocycles. The summed E-state index contributed by atoms with van der Waals surface area (Å²) in [5.41, 5.74) is 50.6. The van der Waals surface area contributed by atoms with Crippen LogP contribution in [0.3, 0.4) is 0 Å². The van der Waals surface area contributed by atoms with Gasteiger partial charge in [-0.3, -0.25) is 105 Å². The SMILES string of the molecule is COc1c(C)cnc(CCl)c1C.COc1c(C)cnc(CN2C(=O)c3ccccc3C2=O)c1C.Cc1c[nH]c(CN2C(=O)c3ccccc3C2=O)c(C)c1=O.Cc1cnc(CN)c(C)c1C.Cc1cnc(CN)c(C)c1C.Cc1cnc(CN2C(=O)c3ccccc3C2=O)c(C)c1C.Cc1cnc(CNc2cc(Cl)nc(N)n2)c(C)c1C.Cl.NN.Nc1nc(Cl)cc(Cl)n1.O.O=C1NC(=O)c2ccccc21. The van der Waals surface area contributed by atoms with Crippen molar-refractivity contribution in [2.75, 3.05) is 31.0 Å². The normalized spacial score (nSPS) is 11.8. The van der Waals surface area contributed by atoms with Crippen LogP contribution < -0.4 is 60.2 Å². The van der Waals surface area contributed by atoms with E-state index in [0.717, 1.165) is 83.8 Å². The molecule has 0 radical (unpaired) electrons. The molecule has 0 atom stereocenters. The summed E-state index contributed by atoms with van der Waals surface area (Å²) in [7, 11) is 3.26. The van der Waals surface area contributed by atoms with E-state index in [-0.39, 0.29) is 112 Å². The molecule has 9 aromatic heterocycles. The molecule has 0 aliphatic carbocycles. The predicted molar refractivity (Wildman–Crippen MR) is 551 cm³/mol. The number of anilines is 3. The lowest BCUT2D eigenvalue weighted by molar-refractivity contribution is 0.0625. The molecule has 0 saturated heterocycles. The minimum atomic E-state index is -0.323. The summed E-state index contributed by atoms with van der Waals surface area (Å²) in [6, 6.07) is 30.3. The van der Waals surface area contributed by atoms with E-state index < -0.39 is 0 Å². The molecule has 141 heavy (non-hydrogen) atoms. The van der Waals surface area contributed by atoms with Crippen LogP contribution in [-0.2, 0) is 45.1 Å². The number of ether oxygens (including phenoxy) is 2. The molecule has 742 valence electrons. The van der Waals surface area contributed by atoms with Gasteiger partial charge in [0.2, 0.25) is 11.9 Å². The fraction of sp³-hybridized carbons (Fsp3) is 0.265. The fourth-order valence-corrected chi connectivity index (χ4v) is 15.4. The topological polar surface area (TPSA) is 538 Å². The highest BCUT2D eigenvalue weighted by Gasteiger charge is 2.39. The Morgan fingerprint density at radius 2 is 0.638 bits per heavy atom. The van der Waals surface area contributed by atoms with Gasteiger partial charge in [-0.15, -0.1) is 24.0 Å². The van der Waals surface area contributed by atoms with Crippen LogP contribution in [0.4, 0.5) is 17.7 Å². The summed E-state index contributed by atoms with van der Waals surface area (Å²) in [6.45, 7) is 37.9. The predicted octanol–water partition coefficient (Wildman–Crippen LogP) is 15.5. The summed E-state index contributed by atoms with van der Waals surface area (Å²) in [5, 5.41) is 6.19. The van der Waals surface area contributed by atoms with Gasteiger partial charge < -0.3 is 48.2 Å². The number of aryl methyl sites for hydroxylation is 7. The molecule has 4 aliphatic rings. The van der Waals surface area contributed by atoms with Gasteiger partial charge in [0.1, 0.15) is 32.8 Å². The third kappa shape index (κ3) is 28.5. The monoisotopic (exact) mass is 2020 g/mol. The summed E-state index contributed by atoms with van der Waals surface area (Å²) in [4.78, 5) is 155. The van der Waals surface area contributed by atoms with Crippen LogP contribution in [0.2, 0.25) is 15.5 Å². The first kappa shape index (κ1) is 115. The van der Waals surface area contributed by atoms with Gasteiger partial charge in [-0.1, -0.05) is 83.3 Å². The van der Waals surface area contributed by atoms with Crippen LogP contribution in [-0.4, -0.2) is 136 Å². The van der Waals surface area contributed by atoms with Crippen LogP contribution in [0.1, 0.15) is 223 Å². The number of nitrogens with two attached hydrogens (primary N) is 6. The molecule has 13 aromatic rings. The second-order valence-electron chi connectivity index (χ2n) is 32.3. The van der Waals surface area contributed by atoms with Crippen molar-refractivity contribution in [1.82, 2.24) is 74.8 Å². The van der Waals surface area contributed by atoms with Gasteiger partial charge in [-0.05, 0) is 240 Å². The van der Waals surface area contributed by atoms with Crippen molar-refractivity contribution in [2.45, 2.75) is 170 Å². The molecule has 17 rings (SSSR count). The van der Waals surface area contributed by atoms with Crippen molar-refractivity contribution in [1.29, 1.82) is 0 Å². The van der Waals surface area contributed by atoms with Crippen LogP contribution in [0.25, 0.3) is 0 Å². The lowest BCUT2D eigenvalue weighted by Gasteiger charge is -2.17. The zero-order valence-corrected chi connectivity index (χ0v) is 85.9. The number of aromatic amines is 1. The number of hydrazine groups is 1. The van der Waals surface area contributed by atoms with E-state index in [9.17, 15) is 43.2 Å². The summed E-state index contributed by atoms with van der Waals surface area (Å²) in [5.74, 6) is 8.62. The second kappa shape index (κ2) is 53.2. The van der Waals surface area contributed by atoms with E-state index in [1.54, 1.807) is 156 Å². The molecule has 0 fully saturated rings. The van der Waals surface area contributed by atoms with Gasteiger partial charge in [-0.2, -0.15) is 4.98 Å². The minimum absolute atomic E-state index is 0. The number of aromatic nitrogens is 11. The van der Waals surface area contributed by atoms with Crippen molar-refractivity contribution < 1.29 is 53.3 Å². The van der Waals surface area contributed by atoms with Crippen LogP contribution in [0.15, 0.2) is 157 Å². The highest BCUT2D eigenvalue weighted by Crippen LogP contribution is 2.32. The van der Waals surface area contributed by atoms with Gasteiger partial charge in [0.25, 0.3) is 47.3 Å². The first-order chi connectivity index (χ1) is 66.0. The molecule has 0 spiro atoms. The molecule has 0 unspecified atom stereocenters. The van der Waals surface area contributed by atoms with E-state index in [4.69, 9.17) is 78.8 Å². The van der Waals surface area contributed by atoms with Crippen molar-refractivity contribution in [2.24, 2.45) is 23.2 Å². The lowest BCUT2D eigenvalue weighted by atomic mass is 10.0. The van der Waals surface area contributed by atoms with Gasteiger partial charge >= 0.3 is 0 Å². The maximum absolute atomic E-state index is 12.4. The Kier molecular flexibility index (Phi) is 43.5. The number of nitrogens with one attached hydrogen (secondary N) is 3. The maximum atomic E-state index is 12.4. The zero-order valence-electron chi connectivity index (χ0n) is 82.1. The van der Waals surface area contributed by atoms with Crippen LogP contribution in [0, 0.1) is 125 Å². The first-order valence-electron chi connectivity index (χ1n) is 43.4. The molecule has 34 nitrogen and oxygen atoms in total. The first-order valence-corrected chi connectivity index (χ1v) is 45.1. The van der Waals surface area contributed by atoms with Crippen LogP contribution in [0.5, 0.6) is 11.5 Å². The highest BCUT2D eigenvalue weighted by atomic mass is 35.5. The highest BCUT2D eigenvalue weighted by molar-refractivity contribution is 6.33. The second-order valence-corrected chi connectivity index (χ2v) is 33.7. The summed E-state index contributed by atoms with van der Waals surface area (Å²) >= 11 is 22.4. The van der Waals surface area contributed by atoms with E-state index >= 15 is 0 Å². The van der Waals surface area contributed by atoms with Crippen molar-refractivity contribution in [3.63, 3.8) is 0 Å². The van der Waals surface area contributed by atoms with Crippen LogP contribution >= 0.6 is 58.8 Å². The molecule has 4 aliphatic heterocycles. The third-order valence-electron chi connectivity index (χ3n) is 23.7. The lowest BCUT2D eigenvalue weighted by Crippen LogP contribution is -2.31. The summed E-state index contributed by atoms with van der Waals surface area (Å²) < 4.78 is 10.6. The number of pyridine rings is 7. The molecular weight excluding hydrogens is 1900 g/mol. The molecule has 39 heteroatoms. The Bertz CT molecular complexity index is 6600. The third-order valence-corrected chi connectivity index (χ3v) is 24.5. The van der Waals surface area contributed by atoms with E-state index in [0.29, 0.717) is 104 Å². The van der Waals surface area contributed by atoms with Gasteiger partial charge in [0.05, 0.1) is 125 Å². The number of nitrogen functional groups attached to an aromatic ring is 2. The smallest absolute Gasteiger partial charge is 0.261 e. The van der Waals surface area contributed by atoms with Gasteiger partial charge in [0.15, 0.2) is 5.43 Å². The number of rotatable bonds is 14. The number of benzene rings is 4. The zero-order chi connectivity index (χ0) is 103. The Morgan fingerprint density at radius 1 is 0.355 bits per heavy atom. The number of hydrogen-bond acceptors (Lipinski definition) is 28. The maximum Gasteiger partial charge on any atom is 0.261 e. The number of hydrogen-bond donors (Lipinski definition) is 9. The molecule has 17 N–H and O–H groups in total. The van der Waals surface area contributed by atoms with Gasteiger partial charge in [0, 0.05) is 108 Å². The number of carbonyl (C=O) groups is 8. The molecular formula is C102H117Cl5N22O12. The quantitative estimate of drug-likeness (QED) is 0.0160. The standard InChI is InChI=1S/C17H16N2O3.C17H16N2O2.C16H14N2O3.C13H16ClN5.C9H12ClNO.2C9H14N2.C8H5NO2.C4H3Cl2N3.ClH.H4N2.H2O/c1-10-8-18-14(11(2)15(10)22-3)9-19-16(20)12-6-4-5-7-13(12)17(19)21;1-10-8-18-15(12(3)11(10)2)9-19-16(20)13-6-4-5-7-14(13)17(19)21;1-9-7-17-13(10(2)14(9)19)8-18-15(20)11-5-3-4-6-12(11)16(18)21;1-7-5-16-10(9(3)8(7)2)6-17-12-4-11(14)18-13(15)19-12;1-6-5-11-8(4-10)7(2)9(6)12-3;2*1-6-5-11-9(4-10)8(3)7(6)2;10-7-5-3-1-2-4-6(5)8(11)9-7;5-2-1-3(6)9-4(7)8-2;;1-2;/h4-8H,9H2,1-3H3;4-8H,9H2,1-3H3;3-7H,8H2,1-2H3,(H,17,19);4-5H,6H2,1-3H3,(H3,15,17,18,19);5H,4H2,1-3H3;2*5H,4,10H2,1-3H3;1-4H,(H,9,10,11);1H,(H2,7,8,9);1H;1-2H2;1H2. The number of imide groups is 4. The summed E-state index contributed by atoms with van der Waals surface area (Å²) in [6.07, 6.45) is 12.5. The molecule has 8 amide bonds. The largest absolute Gasteiger partial charge is 0.496 e. The van der Waals surface area contributed by atoms with E-state index in [2.05, 4.69) is 139 Å². The number of fused-ring (bicyclic) bond motifs is 4. The number of H-pyrrole nitrogens is 1. The number of halogens is 5. The molecule has 13 heterocycles. The van der Waals surface area contributed by atoms with Crippen molar-refractivity contribution in [3.8, 4) is 11.5 Å². The van der Waals surface area contributed by atoms with Crippen molar-refractivity contribution in [3.05, 3.63) is 363 Å². The van der Waals surface area contributed by atoms with E-state index in [1.165, 1.54) is 65.9 Å². The molecule has 4 aromatic carbocycles. The Balaban J connectivity index is 0.000000246. The average Bonchev–Trinajstić information content (AvgIpc) is 1.63. The van der Waals surface area contributed by atoms with Gasteiger partial charge in [-0.25, -0.2) is 15.0 Å².